The Morgan fingerprint density at radius 1 is 1.38 bits per heavy atom. The molecule has 0 amide bonds. The molecule has 2 aromatic rings. The number of nitrogens with zero attached hydrogens (tertiary/aromatic N) is 1. The van der Waals surface area contributed by atoms with Crippen molar-refractivity contribution in [2.75, 3.05) is 12.3 Å². The minimum atomic E-state index is 0.315. The van der Waals surface area contributed by atoms with Gasteiger partial charge in [0.2, 0.25) is 5.88 Å². The summed E-state index contributed by atoms with van der Waals surface area (Å²) in [5.41, 5.74) is 7.13. The largest absolute Gasteiger partial charge is 0.494 e. The van der Waals surface area contributed by atoms with Gasteiger partial charge in [0.05, 0.1) is 6.61 Å². The SMILES string of the molecule is CCCOc1cccc(-c2cc(N)on2)c1. The number of aromatic nitrogens is 1. The van der Waals surface area contributed by atoms with E-state index in [4.69, 9.17) is 15.0 Å². The van der Waals surface area contributed by atoms with E-state index < -0.39 is 0 Å². The summed E-state index contributed by atoms with van der Waals surface area (Å²) in [5.74, 6) is 1.15. The van der Waals surface area contributed by atoms with E-state index in [1.807, 2.05) is 24.3 Å². The van der Waals surface area contributed by atoms with Gasteiger partial charge in [-0.05, 0) is 18.6 Å². The molecule has 0 radical (unpaired) electrons. The first-order chi connectivity index (χ1) is 7.79. The summed E-state index contributed by atoms with van der Waals surface area (Å²) < 4.78 is 10.4. The summed E-state index contributed by atoms with van der Waals surface area (Å²) in [5, 5.41) is 3.85. The molecular weight excluding hydrogens is 204 g/mol. The summed E-state index contributed by atoms with van der Waals surface area (Å²) in [6.45, 7) is 2.78. The second-order valence-corrected chi connectivity index (χ2v) is 3.49. The molecule has 1 aromatic heterocycles. The van der Waals surface area contributed by atoms with Gasteiger partial charge in [-0.2, -0.15) is 0 Å². The van der Waals surface area contributed by atoms with E-state index in [1.54, 1.807) is 6.07 Å². The highest BCUT2D eigenvalue weighted by atomic mass is 16.5. The molecule has 2 rings (SSSR count). The Morgan fingerprint density at radius 2 is 2.25 bits per heavy atom. The average Bonchev–Trinajstić information content (AvgIpc) is 2.74. The highest BCUT2D eigenvalue weighted by Gasteiger charge is 2.05. The van der Waals surface area contributed by atoms with E-state index in [1.165, 1.54) is 0 Å². The maximum atomic E-state index is 5.53. The molecule has 4 nitrogen and oxygen atoms in total. The highest BCUT2D eigenvalue weighted by molar-refractivity contribution is 5.62. The number of rotatable bonds is 4. The molecule has 0 aliphatic rings. The van der Waals surface area contributed by atoms with Crippen LogP contribution in [0.15, 0.2) is 34.9 Å². The van der Waals surface area contributed by atoms with Crippen molar-refractivity contribution in [1.82, 2.24) is 5.16 Å². The average molecular weight is 218 g/mol. The topological polar surface area (TPSA) is 61.3 Å². The van der Waals surface area contributed by atoms with Crippen LogP contribution in [0.5, 0.6) is 5.75 Å². The minimum absolute atomic E-state index is 0.315. The van der Waals surface area contributed by atoms with E-state index in [0.29, 0.717) is 12.5 Å². The molecule has 0 fully saturated rings. The van der Waals surface area contributed by atoms with Crippen molar-refractivity contribution in [2.45, 2.75) is 13.3 Å². The summed E-state index contributed by atoms with van der Waals surface area (Å²) in [4.78, 5) is 0. The van der Waals surface area contributed by atoms with Gasteiger partial charge in [0.1, 0.15) is 11.4 Å². The van der Waals surface area contributed by atoms with Gasteiger partial charge in [0, 0.05) is 11.6 Å². The lowest BCUT2D eigenvalue weighted by molar-refractivity contribution is 0.317. The first-order valence-corrected chi connectivity index (χ1v) is 5.25. The predicted molar refractivity (Wildman–Crippen MR) is 62.1 cm³/mol. The Hall–Kier alpha value is -1.97. The van der Waals surface area contributed by atoms with Crippen molar-refractivity contribution in [3.8, 4) is 17.0 Å². The maximum Gasteiger partial charge on any atom is 0.222 e. The van der Waals surface area contributed by atoms with Gasteiger partial charge in [-0.1, -0.05) is 24.2 Å². The van der Waals surface area contributed by atoms with Gasteiger partial charge >= 0.3 is 0 Å². The molecule has 0 aliphatic carbocycles. The van der Waals surface area contributed by atoms with E-state index in [9.17, 15) is 0 Å². The van der Waals surface area contributed by atoms with Gasteiger partial charge in [-0.25, -0.2) is 0 Å². The van der Waals surface area contributed by atoms with Crippen molar-refractivity contribution in [3.63, 3.8) is 0 Å². The summed E-state index contributed by atoms with van der Waals surface area (Å²) >= 11 is 0. The van der Waals surface area contributed by atoms with E-state index in [0.717, 1.165) is 23.4 Å². The molecule has 0 saturated heterocycles. The maximum absolute atomic E-state index is 5.53. The number of ether oxygens (including phenoxy) is 1. The standard InChI is InChI=1S/C12H14N2O2/c1-2-6-15-10-5-3-4-9(7-10)11-8-12(13)16-14-11/h3-5,7-8H,2,6,13H2,1H3. The van der Waals surface area contributed by atoms with Gasteiger partial charge in [0.15, 0.2) is 0 Å². The molecule has 0 aliphatic heterocycles. The van der Waals surface area contributed by atoms with Crippen LogP contribution >= 0.6 is 0 Å². The van der Waals surface area contributed by atoms with Crippen molar-refractivity contribution in [1.29, 1.82) is 0 Å². The number of anilines is 1. The molecule has 4 heteroatoms. The zero-order valence-electron chi connectivity index (χ0n) is 9.14. The van der Waals surface area contributed by atoms with E-state index >= 15 is 0 Å². The molecule has 1 aromatic carbocycles. The fraction of sp³-hybridized carbons (Fsp3) is 0.250. The molecule has 2 N–H and O–H groups in total. The number of benzene rings is 1. The molecule has 0 unspecified atom stereocenters. The van der Waals surface area contributed by atoms with Crippen LogP contribution in [-0.2, 0) is 0 Å². The van der Waals surface area contributed by atoms with E-state index in [2.05, 4.69) is 12.1 Å². The molecule has 1 heterocycles. The van der Waals surface area contributed by atoms with Gasteiger partial charge in [0.25, 0.3) is 0 Å². The first-order valence-electron chi connectivity index (χ1n) is 5.25. The highest BCUT2D eigenvalue weighted by Crippen LogP contribution is 2.24. The Morgan fingerprint density at radius 3 is 2.94 bits per heavy atom. The van der Waals surface area contributed by atoms with Gasteiger partial charge < -0.3 is 15.0 Å². The fourth-order valence-electron chi connectivity index (χ4n) is 1.39. The summed E-state index contributed by atoms with van der Waals surface area (Å²) in [7, 11) is 0. The lowest BCUT2D eigenvalue weighted by Gasteiger charge is -2.04. The van der Waals surface area contributed by atoms with Crippen molar-refractivity contribution in [3.05, 3.63) is 30.3 Å². The minimum Gasteiger partial charge on any atom is -0.494 e. The third-order valence-corrected chi connectivity index (χ3v) is 2.13. The van der Waals surface area contributed by atoms with Crippen LogP contribution in [0.2, 0.25) is 0 Å². The Balaban J connectivity index is 2.22. The molecule has 0 atom stereocenters. The van der Waals surface area contributed by atoms with Gasteiger partial charge in [-0.15, -0.1) is 0 Å². The van der Waals surface area contributed by atoms with Crippen LogP contribution < -0.4 is 10.5 Å². The number of hydrogen-bond donors (Lipinski definition) is 1. The van der Waals surface area contributed by atoms with Crippen molar-refractivity contribution < 1.29 is 9.26 Å². The second kappa shape index (κ2) is 4.70. The molecule has 84 valence electrons. The van der Waals surface area contributed by atoms with Crippen LogP contribution in [0, 0.1) is 0 Å². The smallest absolute Gasteiger partial charge is 0.222 e. The molecule has 0 bridgehead atoms. The van der Waals surface area contributed by atoms with Crippen LogP contribution in [0.4, 0.5) is 5.88 Å². The van der Waals surface area contributed by atoms with Gasteiger partial charge in [-0.3, -0.25) is 0 Å². The summed E-state index contributed by atoms with van der Waals surface area (Å²) in [6.07, 6.45) is 0.987. The number of nitrogen functional groups attached to an aromatic ring is 1. The Kier molecular flexibility index (Phi) is 3.10. The number of nitrogens with two attached hydrogens (primary N) is 1. The molecule has 16 heavy (non-hydrogen) atoms. The van der Waals surface area contributed by atoms with Crippen molar-refractivity contribution in [2.24, 2.45) is 0 Å². The van der Waals surface area contributed by atoms with Crippen LogP contribution in [0.1, 0.15) is 13.3 Å². The summed E-state index contributed by atoms with van der Waals surface area (Å²) in [6, 6.07) is 9.40. The normalized spacial score (nSPS) is 10.3. The second-order valence-electron chi connectivity index (χ2n) is 3.49. The van der Waals surface area contributed by atoms with E-state index in [-0.39, 0.29) is 0 Å². The third-order valence-electron chi connectivity index (χ3n) is 2.13. The Bertz CT molecular complexity index is 466. The zero-order valence-corrected chi connectivity index (χ0v) is 9.14. The van der Waals surface area contributed by atoms with Crippen LogP contribution in [-0.4, -0.2) is 11.8 Å². The first kappa shape index (κ1) is 10.5. The van der Waals surface area contributed by atoms with Crippen molar-refractivity contribution >= 4 is 5.88 Å². The zero-order chi connectivity index (χ0) is 11.4. The lowest BCUT2D eigenvalue weighted by Crippen LogP contribution is -1.94. The number of hydrogen-bond acceptors (Lipinski definition) is 4. The third kappa shape index (κ3) is 2.34. The fourth-order valence-corrected chi connectivity index (χ4v) is 1.39. The lowest BCUT2D eigenvalue weighted by atomic mass is 10.1. The monoisotopic (exact) mass is 218 g/mol. The Labute approximate surface area is 94.0 Å². The van der Waals surface area contributed by atoms with Crippen LogP contribution in [0.25, 0.3) is 11.3 Å². The molecule has 0 saturated carbocycles. The van der Waals surface area contributed by atoms with Crippen LogP contribution in [0.3, 0.4) is 0 Å². The quantitative estimate of drug-likeness (QED) is 0.857. The predicted octanol–water partition coefficient (Wildman–Crippen LogP) is 2.71. The molecular formula is C12H14N2O2. The molecule has 0 spiro atoms.